The lowest BCUT2D eigenvalue weighted by atomic mass is 9.96. The fourth-order valence-electron chi connectivity index (χ4n) is 4.82. The van der Waals surface area contributed by atoms with Gasteiger partial charge in [-0.05, 0) is 62.0 Å². The first kappa shape index (κ1) is 25.7. The van der Waals surface area contributed by atoms with Gasteiger partial charge in [0.2, 0.25) is 5.91 Å². The number of hydrogen-bond donors (Lipinski definition) is 2. The highest BCUT2D eigenvalue weighted by atomic mass is 32.1. The number of methoxy groups -OCH3 is 2. The summed E-state index contributed by atoms with van der Waals surface area (Å²) < 4.78 is 12.9. The molecule has 2 N–H and O–H groups in total. The third-order valence-electron chi connectivity index (χ3n) is 6.61. The van der Waals surface area contributed by atoms with Crippen molar-refractivity contribution < 1.29 is 14.3 Å². The second kappa shape index (κ2) is 11.5. The number of thiocarbonyl (C=S) groups is 1. The highest BCUT2D eigenvalue weighted by Crippen LogP contribution is 2.41. The van der Waals surface area contributed by atoms with Crippen molar-refractivity contribution in [1.29, 1.82) is 0 Å². The minimum absolute atomic E-state index is 0.103. The Labute approximate surface area is 217 Å². The number of rotatable bonds is 10. The van der Waals surface area contributed by atoms with E-state index in [1.54, 1.807) is 20.4 Å². The Morgan fingerprint density at radius 1 is 1.14 bits per heavy atom. The maximum Gasteiger partial charge on any atom is 0.226 e. The summed E-state index contributed by atoms with van der Waals surface area (Å²) in [5.41, 5.74) is 5.04. The lowest BCUT2D eigenvalue weighted by Crippen LogP contribution is -2.33. The predicted octanol–water partition coefficient (Wildman–Crippen LogP) is 4.16. The van der Waals surface area contributed by atoms with Crippen LogP contribution in [0.25, 0.3) is 0 Å². The topological polar surface area (TPSA) is 80.7 Å². The molecule has 0 radical (unpaired) electrons. The predicted molar refractivity (Wildman–Crippen MR) is 144 cm³/mol. The van der Waals surface area contributed by atoms with Crippen LogP contribution in [0.15, 0.2) is 54.7 Å². The van der Waals surface area contributed by atoms with Crippen molar-refractivity contribution in [1.82, 2.24) is 19.8 Å². The number of carbonyl (C=O) groups excluding carboxylic acids is 1. The molecule has 8 nitrogen and oxygen atoms in total. The molecule has 36 heavy (non-hydrogen) atoms. The molecule has 0 saturated carbocycles. The van der Waals surface area contributed by atoms with Gasteiger partial charge in [0, 0.05) is 44.2 Å². The molecule has 3 heterocycles. The van der Waals surface area contributed by atoms with Crippen LogP contribution in [0.4, 0.5) is 5.69 Å². The van der Waals surface area contributed by atoms with Gasteiger partial charge in [-0.1, -0.05) is 18.2 Å². The Bertz CT molecular complexity index is 1210. The molecule has 0 spiro atoms. The van der Waals surface area contributed by atoms with Crippen LogP contribution < -0.4 is 15.4 Å². The molecule has 2 unspecified atom stereocenters. The summed E-state index contributed by atoms with van der Waals surface area (Å²) in [6.45, 7) is 6.10. The van der Waals surface area contributed by atoms with Gasteiger partial charge in [-0.15, -0.1) is 0 Å². The summed E-state index contributed by atoms with van der Waals surface area (Å²) >= 11 is 5.78. The summed E-state index contributed by atoms with van der Waals surface area (Å²) in [5, 5.41) is 7.04. The Morgan fingerprint density at radius 3 is 2.64 bits per heavy atom. The van der Waals surface area contributed by atoms with E-state index in [-0.39, 0.29) is 24.4 Å². The smallest absolute Gasteiger partial charge is 0.226 e. The van der Waals surface area contributed by atoms with Crippen molar-refractivity contribution in [3.8, 4) is 5.75 Å². The second-order valence-corrected chi connectivity index (χ2v) is 9.18. The number of aromatic nitrogens is 2. The molecule has 0 bridgehead atoms. The van der Waals surface area contributed by atoms with Crippen molar-refractivity contribution in [2.45, 2.75) is 38.9 Å². The zero-order valence-corrected chi connectivity index (χ0v) is 22.0. The van der Waals surface area contributed by atoms with E-state index in [2.05, 4.69) is 45.0 Å². The minimum Gasteiger partial charge on any atom is -0.495 e. The summed E-state index contributed by atoms with van der Waals surface area (Å²) in [7, 11) is 3.30. The molecule has 3 aromatic rings. The number of para-hydroxylation sites is 2. The van der Waals surface area contributed by atoms with E-state index in [1.165, 1.54) is 0 Å². The average Bonchev–Trinajstić information content (AvgIpc) is 3.36. The van der Waals surface area contributed by atoms with Crippen LogP contribution in [0, 0.1) is 13.8 Å². The lowest BCUT2D eigenvalue weighted by Gasteiger charge is -2.28. The highest BCUT2D eigenvalue weighted by molar-refractivity contribution is 7.80. The molecular formula is C27H33N5O3S. The summed E-state index contributed by atoms with van der Waals surface area (Å²) in [4.78, 5) is 19.6. The Balaban J connectivity index is 1.60. The quantitative estimate of drug-likeness (QED) is 0.399. The van der Waals surface area contributed by atoms with Gasteiger partial charge >= 0.3 is 0 Å². The summed E-state index contributed by atoms with van der Waals surface area (Å²) in [5.74, 6) is 0.522. The normalized spacial score (nSPS) is 17.2. The van der Waals surface area contributed by atoms with Gasteiger partial charge in [0.15, 0.2) is 5.11 Å². The first-order valence-electron chi connectivity index (χ1n) is 12.0. The van der Waals surface area contributed by atoms with E-state index in [4.69, 9.17) is 21.7 Å². The number of nitrogens with zero attached hydrogens (tertiary/aromatic N) is 3. The monoisotopic (exact) mass is 507 g/mol. The first-order chi connectivity index (χ1) is 17.4. The largest absolute Gasteiger partial charge is 0.495 e. The molecule has 1 aliphatic rings. The van der Waals surface area contributed by atoms with Crippen LogP contribution >= 0.6 is 12.2 Å². The van der Waals surface area contributed by atoms with Gasteiger partial charge in [0.1, 0.15) is 5.75 Å². The molecule has 1 saturated heterocycles. The van der Waals surface area contributed by atoms with Crippen LogP contribution in [-0.2, 0) is 16.1 Å². The third-order valence-corrected chi connectivity index (χ3v) is 6.96. The number of hydrogen-bond acceptors (Lipinski definition) is 5. The van der Waals surface area contributed by atoms with Gasteiger partial charge in [-0.25, -0.2) is 0 Å². The summed E-state index contributed by atoms with van der Waals surface area (Å²) in [6.07, 6.45) is 2.07. The van der Waals surface area contributed by atoms with Crippen molar-refractivity contribution in [3.05, 3.63) is 77.4 Å². The second-order valence-electron chi connectivity index (χ2n) is 8.79. The molecule has 1 amide bonds. The number of ether oxygens (including phenoxy) is 2. The number of nitrogens with one attached hydrogen (secondary N) is 2. The fraction of sp³-hybridized carbons (Fsp3) is 0.370. The fourth-order valence-corrected chi connectivity index (χ4v) is 5.15. The van der Waals surface area contributed by atoms with E-state index < -0.39 is 0 Å². The maximum atomic E-state index is 12.9. The van der Waals surface area contributed by atoms with Crippen LogP contribution in [-0.4, -0.2) is 52.8 Å². The number of anilines is 1. The van der Waals surface area contributed by atoms with E-state index in [0.717, 1.165) is 29.2 Å². The van der Waals surface area contributed by atoms with E-state index in [9.17, 15) is 4.79 Å². The summed E-state index contributed by atoms with van der Waals surface area (Å²) in [6, 6.07) is 15.3. The van der Waals surface area contributed by atoms with Crippen LogP contribution in [0.5, 0.6) is 5.75 Å². The van der Waals surface area contributed by atoms with Crippen LogP contribution in [0.3, 0.4) is 0 Å². The molecule has 2 aromatic heterocycles. The van der Waals surface area contributed by atoms with E-state index in [0.29, 0.717) is 29.7 Å². The standard InChI is InChI=1S/C27H33N5O3S/c1-18-17-20(19(2)31(18)15-16-34-3)26-25(22-10-7-8-13-28-22)30-27(36)32(26)14-12-24(33)29-21-9-5-6-11-23(21)35-4/h5-11,13,17,25-26H,12,14-16H2,1-4H3,(H,29,33)(H,30,36). The Kier molecular flexibility index (Phi) is 8.22. The van der Waals surface area contributed by atoms with Crippen LogP contribution in [0.2, 0.25) is 0 Å². The molecule has 4 rings (SSSR count). The number of aryl methyl sites for hydroxylation is 1. The Morgan fingerprint density at radius 2 is 1.92 bits per heavy atom. The highest BCUT2D eigenvalue weighted by Gasteiger charge is 2.41. The van der Waals surface area contributed by atoms with Crippen molar-refractivity contribution in [2.75, 3.05) is 32.7 Å². The number of amides is 1. The van der Waals surface area contributed by atoms with Gasteiger partial charge in [-0.3, -0.25) is 9.78 Å². The van der Waals surface area contributed by atoms with E-state index in [1.807, 2.05) is 42.5 Å². The molecule has 190 valence electrons. The van der Waals surface area contributed by atoms with Crippen molar-refractivity contribution in [3.63, 3.8) is 0 Å². The van der Waals surface area contributed by atoms with E-state index >= 15 is 0 Å². The number of carbonyl (C=O) groups is 1. The first-order valence-corrected chi connectivity index (χ1v) is 12.4. The average molecular weight is 508 g/mol. The Hall–Kier alpha value is -3.43. The zero-order valence-electron chi connectivity index (χ0n) is 21.2. The van der Waals surface area contributed by atoms with Crippen LogP contribution in [0.1, 0.15) is 41.1 Å². The number of pyridine rings is 1. The van der Waals surface area contributed by atoms with Gasteiger partial charge < -0.3 is 29.6 Å². The molecule has 2 atom stereocenters. The van der Waals surface area contributed by atoms with Crippen molar-refractivity contribution >= 4 is 28.9 Å². The molecule has 0 aliphatic carbocycles. The number of benzene rings is 1. The third kappa shape index (κ3) is 5.37. The molecule has 1 aromatic carbocycles. The molecule has 9 heteroatoms. The SMILES string of the molecule is COCCn1c(C)cc(C2C(c3ccccn3)NC(=S)N2CCC(=O)Nc2ccccc2OC)c1C. The molecular weight excluding hydrogens is 474 g/mol. The van der Waals surface area contributed by atoms with Gasteiger partial charge in [0.05, 0.1) is 37.2 Å². The maximum absolute atomic E-state index is 12.9. The zero-order chi connectivity index (χ0) is 25.7. The van der Waals surface area contributed by atoms with Gasteiger partial charge in [0.25, 0.3) is 0 Å². The lowest BCUT2D eigenvalue weighted by molar-refractivity contribution is -0.116. The van der Waals surface area contributed by atoms with Gasteiger partial charge in [-0.2, -0.15) is 0 Å². The van der Waals surface area contributed by atoms with Crippen molar-refractivity contribution in [2.24, 2.45) is 0 Å². The molecule has 1 aliphatic heterocycles. The molecule has 1 fully saturated rings. The minimum atomic E-state index is -0.132.